The molecule has 186 valence electrons. The zero-order valence-electron chi connectivity index (χ0n) is 22.4. The number of carbonyl (C=O) groups excluding carboxylic acids is 1. The van der Waals surface area contributed by atoms with Gasteiger partial charge < -0.3 is 10.2 Å². The summed E-state index contributed by atoms with van der Waals surface area (Å²) in [6.07, 6.45) is 6.80. The van der Waals surface area contributed by atoms with Gasteiger partial charge >= 0.3 is 0 Å². The molecule has 5 aliphatic rings. The number of carbonyl (C=O) groups is 1. The van der Waals surface area contributed by atoms with E-state index < -0.39 is 0 Å². The van der Waals surface area contributed by atoms with Crippen molar-refractivity contribution in [1.82, 2.24) is 0 Å². The van der Waals surface area contributed by atoms with Crippen molar-refractivity contribution in [1.29, 1.82) is 0 Å². The molecule has 0 aliphatic heterocycles. The van der Waals surface area contributed by atoms with Gasteiger partial charge in [0, 0.05) is 12.0 Å². The van der Waals surface area contributed by atoms with E-state index in [1.165, 1.54) is 12.0 Å². The molecule has 33 heavy (non-hydrogen) atoms. The van der Waals surface area contributed by atoms with Gasteiger partial charge in [0.05, 0.1) is 12.2 Å². The Kier molecular flexibility index (Phi) is 5.07. The lowest BCUT2D eigenvalue weighted by Crippen LogP contribution is -2.64. The molecule has 0 heterocycles. The topological polar surface area (TPSA) is 57.5 Å². The number of Topliss-reactive ketones (excluding diaryl/α,β-unsaturated/α-hetero) is 1. The van der Waals surface area contributed by atoms with Gasteiger partial charge in [0.25, 0.3) is 0 Å². The molecule has 9 unspecified atom stereocenters. The van der Waals surface area contributed by atoms with Crippen LogP contribution in [0.3, 0.4) is 0 Å². The Hall–Kier alpha value is -0.670. The van der Waals surface area contributed by atoms with Crippen LogP contribution in [0.2, 0.25) is 0 Å². The molecule has 5 rings (SSSR count). The minimum Gasteiger partial charge on any atom is -0.393 e. The van der Waals surface area contributed by atoms with Crippen LogP contribution in [0.15, 0.2) is 11.1 Å². The lowest BCUT2D eigenvalue weighted by atomic mass is 9.37. The van der Waals surface area contributed by atoms with Crippen molar-refractivity contribution in [3.05, 3.63) is 11.1 Å². The average molecular weight is 457 g/mol. The Bertz CT molecular complexity index is 900. The van der Waals surface area contributed by atoms with Gasteiger partial charge in [-0.25, -0.2) is 0 Å². The zero-order valence-corrected chi connectivity index (χ0v) is 22.4. The van der Waals surface area contributed by atoms with Crippen molar-refractivity contribution in [3.8, 4) is 0 Å². The van der Waals surface area contributed by atoms with Gasteiger partial charge in [-0.15, -0.1) is 0 Å². The van der Waals surface area contributed by atoms with Crippen LogP contribution < -0.4 is 0 Å². The molecule has 2 N–H and O–H groups in total. The zero-order chi connectivity index (χ0) is 24.4. The van der Waals surface area contributed by atoms with Crippen LogP contribution in [0, 0.1) is 50.7 Å². The number of aliphatic hydroxyl groups is 2. The molecule has 3 heteroatoms. The second kappa shape index (κ2) is 6.96. The first-order chi connectivity index (χ1) is 15.2. The monoisotopic (exact) mass is 456 g/mol. The highest BCUT2D eigenvalue weighted by atomic mass is 16.3. The summed E-state index contributed by atoms with van der Waals surface area (Å²) in [7, 11) is 0. The Morgan fingerprint density at radius 2 is 1.55 bits per heavy atom. The molecule has 0 aromatic heterocycles. The molecule has 3 saturated carbocycles. The van der Waals surface area contributed by atoms with Gasteiger partial charge in [0.2, 0.25) is 0 Å². The van der Waals surface area contributed by atoms with Crippen molar-refractivity contribution < 1.29 is 15.0 Å². The maximum Gasteiger partial charge on any atom is 0.159 e. The molecular formula is C30H48O3. The SMILES string of the molecule is CC(C)C1CCC2C1(C)C(O)CC1(C)C3=C(C(=O)CC21C)C1(C)CCC(O)C(C)(C)C1CC3. The quantitative estimate of drug-likeness (QED) is 0.485. The highest BCUT2D eigenvalue weighted by molar-refractivity contribution is 5.99. The van der Waals surface area contributed by atoms with E-state index in [1.807, 2.05) is 0 Å². The number of fused-ring (bicyclic) bond motifs is 6. The first kappa shape index (κ1) is 24.0. The summed E-state index contributed by atoms with van der Waals surface area (Å²) < 4.78 is 0. The van der Waals surface area contributed by atoms with Crippen LogP contribution in [0.4, 0.5) is 0 Å². The molecule has 3 nitrogen and oxygen atoms in total. The largest absolute Gasteiger partial charge is 0.393 e. The van der Waals surface area contributed by atoms with Crippen molar-refractivity contribution in [2.24, 2.45) is 50.7 Å². The van der Waals surface area contributed by atoms with Crippen molar-refractivity contribution in [2.75, 3.05) is 0 Å². The van der Waals surface area contributed by atoms with Gasteiger partial charge in [0.15, 0.2) is 5.78 Å². The second-order valence-corrected chi connectivity index (χ2v) is 14.7. The minimum absolute atomic E-state index is 0.0898. The molecule has 0 bridgehead atoms. The van der Waals surface area contributed by atoms with Crippen LogP contribution in [-0.4, -0.2) is 28.2 Å². The summed E-state index contributed by atoms with van der Waals surface area (Å²) in [5.41, 5.74) is 1.87. The Morgan fingerprint density at radius 3 is 2.18 bits per heavy atom. The Labute approximate surface area is 201 Å². The van der Waals surface area contributed by atoms with E-state index in [0.29, 0.717) is 35.9 Å². The number of hydrogen-bond donors (Lipinski definition) is 2. The molecule has 0 aromatic rings. The van der Waals surface area contributed by atoms with Crippen molar-refractivity contribution >= 4 is 5.78 Å². The predicted molar refractivity (Wildman–Crippen MR) is 132 cm³/mol. The van der Waals surface area contributed by atoms with E-state index in [-0.39, 0.29) is 39.3 Å². The third-order valence-electron chi connectivity index (χ3n) is 13.0. The van der Waals surface area contributed by atoms with Crippen LogP contribution in [-0.2, 0) is 4.79 Å². The van der Waals surface area contributed by atoms with Crippen LogP contribution in [0.25, 0.3) is 0 Å². The lowest BCUT2D eigenvalue weighted by Gasteiger charge is -2.67. The minimum atomic E-state index is -0.312. The number of rotatable bonds is 1. The van der Waals surface area contributed by atoms with Crippen molar-refractivity contribution in [2.45, 2.75) is 119 Å². The Balaban J connectivity index is 1.65. The third kappa shape index (κ3) is 2.68. The summed E-state index contributed by atoms with van der Waals surface area (Å²) in [6.45, 7) is 18.6. The van der Waals surface area contributed by atoms with E-state index in [9.17, 15) is 15.0 Å². The number of hydrogen-bond acceptors (Lipinski definition) is 3. The molecule has 0 aromatic carbocycles. The highest BCUT2D eigenvalue weighted by Gasteiger charge is 2.71. The molecule has 0 saturated heterocycles. The molecule has 0 amide bonds. The highest BCUT2D eigenvalue weighted by Crippen LogP contribution is 2.75. The average Bonchev–Trinajstić information content (AvgIpc) is 3.08. The fourth-order valence-electron chi connectivity index (χ4n) is 11.0. The van der Waals surface area contributed by atoms with E-state index in [1.54, 1.807) is 0 Å². The van der Waals surface area contributed by atoms with Gasteiger partial charge in [-0.2, -0.15) is 0 Å². The second-order valence-electron chi connectivity index (χ2n) is 14.7. The summed E-state index contributed by atoms with van der Waals surface area (Å²) in [6, 6.07) is 0. The normalized spacial score (nSPS) is 53.4. The lowest BCUT2D eigenvalue weighted by molar-refractivity contribution is -0.182. The smallest absolute Gasteiger partial charge is 0.159 e. The maximum absolute atomic E-state index is 14.2. The molecule has 3 fully saturated rings. The fraction of sp³-hybridized carbons (Fsp3) is 0.900. The summed E-state index contributed by atoms with van der Waals surface area (Å²) in [5.74, 6) is 2.19. The van der Waals surface area contributed by atoms with Crippen LogP contribution in [0.1, 0.15) is 107 Å². The fourth-order valence-corrected chi connectivity index (χ4v) is 11.0. The summed E-state index contributed by atoms with van der Waals surface area (Å²) in [4.78, 5) is 14.2. The first-order valence-electron chi connectivity index (χ1n) is 13.8. The van der Waals surface area contributed by atoms with E-state index >= 15 is 0 Å². The van der Waals surface area contributed by atoms with Gasteiger partial charge in [-0.1, -0.05) is 61.0 Å². The standard InChI is InChI=1S/C30H48O3/c1-17(2)18-9-12-22-29(7)15-20(31)25-19(28(29,6)16-24(33)30(18,22)8)10-11-21-26(3,4)23(32)13-14-27(21,25)5/h17-18,21-24,32-33H,9-16H2,1-8H3. The van der Waals surface area contributed by atoms with E-state index in [2.05, 4.69) is 55.4 Å². The first-order valence-corrected chi connectivity index (χ1v) is 13.8. The maximum atomic E-state index is 14.2. The molecule has 0 radical (unpaired) electrons. The van der Waals surface area contributed by atoms with Gasteiger partial charge in [-0.3, -0.25) is 4.79 Å². The summed E-state index contributed by atoms with van der Waals surface area (Å²) >= 11 is 0. The van der Waals surface area contributed by atoms with Gasteiger partial charge in [0.1, 0.15) is 0 Å². The third-order valence-corrected chi connectivity index (χ3v) is 13.0. The number of aliphatic hydroxyl groups excluding tert-OH is 2. The van der Waals surface area contributed by atoms with E-state index in [0.717, 1.165) is 44.1 Å². The predicted octanol–water partition coefficient (Wildman–Crippen LogP) is 6.32. The van der Waals surface area contributed by atoms with Crippen LogP contribution >= 0.6 is 0 Å². The van der Waals surface area contributed by atoms with Gasteiger partial charge in [-0.05, 0) is 95.7 Å². The van der Waals surface area contributed by atoms with Crippen molar-refractivity contribution in [3.63, 3.8) is 0 Å². The number of allylic oxidation sites excluding steroid dienone is 2. The molecule has 5 aliphatic carbocycles. The van der Waals surface area contributed by atoms with E-state index in [4.69, 9.17) is 0 Å². The molecular weight excluding hydrogens is 408 g/mol. The van der Waals surface area contributed by atoms with Crippen LogP contribution in [0.5, 0.6) is 0 Å². The number of ketones is 1. The molecule has 9 atom stereocenters. The summed E-state index contributed by atoms with van der Waals surface area (Å²) in [5, 5.41) is 22.6. The Morgan fingerprint density at radius 1 is 0.879 bits per heavy atom. The molecule has 0 spiro atoms.